The first-order valence-corrected chi connectivity index (χ1v) is 10.6. The first-order valence-electron chi connectivity index (χ1n) is 7.52. The summed E-state index contributed by atoms with van der Waals surface area (Å²) in [6, 6.07) is 10.8. The number of carbonyl (C=O) groups excluding carboxylic acids is 1. The topological polar surface area (TPSA) is 135 Å². The van der Waals surface area contributed by atoms with Crippen LogP contribution in [0.2, 0.25) is 0 Å². The Morgan fingerprint density at radius 1 is 1.04 bits per heavy atom. The molecule has 10 heteroatoms. The third-order valence-electron chi connectivity index (χ3n) is 3.54. The molecule has 0 spiro atoms. The normalized spacial score (nSPS) is 13.2. The molecule has 2 aromatic rings. The number of hydrogen-bond acceptors (Lipinski definition) is 5. The van der Waals surface area contributed by atoms with Crippen molar-refractivity contribution >= 4 is 31.6 Å². The molecule has 0 unspecified atom stereocenters. The maximum Gasteiger partial charge on any atom is 0.242 e. The lowest BCUT2D eigenvalue weighted by Crippen LogP contribution is -2.41. The Bertz CT molecular complexity index is 1020. The molecule has 8 nitrogen and oxygen atoms in total. The summed E-state index contributed by atoms with van der Waals surface area (Å²) in [5, 5.41) is 7.60. The van der Waals surface area contributed by atoms with Crippen molar-refractivity contribution in [1.82, 2.24) is 4.72 Å². The van der Waals surface area contributed by atoms with Crippen LogP contribution in [0.3, 0.4) is 0 Å². The second-order valence-corrected chi connectivity index (χ2v) is 8.91. The van der Waals surface area contributed by atoms with Crippen LogP contribution in [-0.4, -0.2) is 28.8 Å². The van der Waals surface area contributed by atoms with E-state index < -0.39 is 32.0 Å². The highest BCUT2D eigenvalue weighted by Gasteiger charge is 2.22. The van der Waals surface area contributed by atoms with Crippen molar-refractivity contribution in [2.24, 2.45) is 5.14 Å². The van der Waals surface area contributed by atoms with Gasteiger partial charge in [0.2, 0.25) is 26.0 Å². The molecule has 0 heterocycles. The van der Waals surface area contributed by atoms with Crippen LogP contribution in [-0.2, 0) is 24.8 Å². The van der Waals surface area contributed by atoms with Crippen molar-refractivity contribution in [2.75, 3.05) is 5.32 Å². The lowest BCUT2D eigenvalue weighted by atomic mass is 10.2. The van der Waals surface area contributed by atoms with Crippen LogP contribution in [0.5, 0.6) is 0 Å². The predicted octanol–water partition coefficient (Wildman–Crippen LogP) is 0.948. The van der Waals surface area contributed by atoms with E-state index in [2.05, 4.69) is 10.0 Å². The van der Waals surface area contributed by atoms with Gasteiger partial charge in [-0.05, 0) is 43.7 Å². The SMILES string of the molecule is Cc1ccc(NC(=O)[C@H](C)NS(=O)(=O)c2ccccc2)cc1S(N)(=O)=O. The van der Waals surface area contributed by atoms with Gasteiger partial charge in [-0.15, -0.1) is 0 Å². The predicted molar refractivity (Wildman–Crippen MR) is 97.4 cm³/mol. The Labute approximate surface area is 152 Å². The van der Waals surface area contributed by atoms with Gasteiger partial charge in [0.15, 0.2) is 0 Å². The second-order valence-electron chi connectivity index (χ2n) is 5.67. The third-order valence-corrected chi connectivity index (χ3v) is 6.15. The summed E-state index contributed by atoms with van der Waals surface area (Å²) in [7, 11) is -7.80. The van der Waals surface area contributed by atoms with E-state index in [0.717, 1.165) is 0 Å². The van der Waals surface area contributed by atoms with Crippen LogP contribution in [0.1, 0.15) is 12.5 Å². The molecule has 0 saturated heterocycles. The highest BCUT2D eigenvalue weighted by Crippen LogP contribution is 2.19. The Morgan fingerprint density at radius 3 is 2.23 bits per heavy atom. The standard InChI is InChI=1S/C16H19N3O5S2/c1-11-8-9-13(10-15(11)25(17,21)22)18-16(20)12(2)19-26(23,24)14-6-4-3-5-7-14/h3-10,12,19H,1-2H3,(H,18,20)(H2,17,21,22)/t12-/m0/s1. The first-order chi connectivity index (χ1) is 12.0. The van der Waals surface area contributed by atoms with E-state index in [4.69, 9.17) is 5.14 Å². The number of primary sulfonamides is 1. The fourth-order valence-electron chi connectivity index (χ4n) is 2.19. The number of nitrogens with one attached hydrogen (secondary N) is 2. The zero-order valence-corrected chi connectivity index (χ0v) is 15.8. The van der Waals surface area contributed by atoms with E-state index >= 15 is 0 Å². The molecule has 0 fully saturated rings. The Morgan fingerprint density at radius 2 is 1.65 bits per heavy atom. The largest absolute Gasteiger partial charge is 0.325 e. The Hall–Kier alpha value is -2.27. The van der Waals surface area contributed by atoms with E-state index in [0.29, 0.717) is 5.56 Å². The minimum atomic E-state index is -3.94. The molecule has 1 amide bonds. The number of aryl methyl sites for hydroxylation is 1. The molecule has 140 valence electrons. The summed E-state index contributed by atoms with van der Waals surface area (Å²) in [4.78, 5) is 12.2. The number of benzene rings is 2. The number of amides is 1. The highest BCUT2D eigenvalue weighted by atomic mass is 32.2. The summed E-state index contributed by atoms with van der Waals surface area (Å²) >= 11 is 0. The van der Waals surface area contributed by atoms with Gasteiger partial charge < -0.3 is 5.32 Å². The van der Waals surface area contributed by atoms with Crippen molar-refractivity contribution in [3.63, 3.8) is 0 Å². The van der Waals surface area contributed by atoms with E-state index in [1.807, 2.05) is 0 Å². The maximum absolute atomic E-state index is 12.2. The van der Waals surface area contributed by atoms with Gasteiger partial charge in [-0.2, -0.15) is 4.72 Å². The minimum absolute atomic E-state index is 0.0338. The van der Waals surface area contributed by atoms with Gasteiger partial charge >= 0.3 is 0 Å². The second kappa shape index (κ2) is 7.54. The number of nitrogens with two attached hydrogens (primary N) is 1. The average Bonchev–Trinajstić information content (AvgIpc) is 2.56. The molecule has 4 N–H and O–H groups in total. The molecular formula is C16H19N3O5S2. The number of hydrogen-bond donors (Lipinski definition) is 3. The summed E-state index contributed by atoms with van der Waals surface area (Å²) in [6.45, 7) is 2.95. The third kappa shape index (κ3) is 4.88. The summed E-state index contributed by atoms with van der Waals surface area (Å²) in [5.41, 5.74) is 0.624. The molecule has 0 aliphatic heterocycles. The van der Waals surface area contributed by atoms with Crippen molar-refractivity contribution in [3.05, 3.63) is 54.1 Å². The lowest BCUT2D eigenvalue weighted by Gasteiger charge is -2.15. The number of rotatable bonds is 6. The van der Waals surface area contributed by atoms with Gasteiger partial charge in [0.1, 0.15) is 0 Å². The first kappa shape index (κ1) is 20.0. The Kier molecular flexibility index (Phi) is 5.81. The van der Waals surface area contributed by atoms with Crippen LogP contribution in [0.25, 0.3) is 0 Å². The zero-order chi connectivity index (χ0) is 19.5. The molecule has 26 heavy (non-hydrogen) atoms. The van der Waals surface area contributed by atoms with Crippen molar-refractivity contribution in [3.8, 4) is 0 Å². The van der Waals surface area contributed by atoms with Gasteiger partial charge in [0.05, 0.1) is 15.8 Å². The molecule has 0 radical (unpaired) electrons. The molecule has 0 aromatic heterocycles. The monoisotopic (exact) mass is 397 g/mol. The van der Waals surface area contributed by atoms with Gasteiger partial charge in [-0.1, -0.05) is 24.3 Å². The molecule has 0 saturated carbocycles. The smallest absolute Gasteiger partial charge is 0.242 e. The lowest BCUT2D eigenvalue weighted by molar-refractivity contribution is -0.117. The van der Waals surface area contributed by atoms with Crippen LogP contribution in [0, 0.1) is 6.92 Å². The summed E-state index contributed by atoms with van der Waals surface area (Å²) < 4.78 is 49.8. The Balaban J connectivity index is 2.15. The zero-order valence-electron chi connectivity index (χ0n) is 14.1. The quantitative estimate of drug-likeness (QED) is 0.667. The summed E-state index contributed by atoms with van der Waals surface area (Å²) in [6.07, 6.45) is 0. The fourth-order valence-corrected chi connectivity index (χ4v) is 4.22. The fraction of sp³-hybridized carbons (Fsp3) is 0.188. The van der Waals surface area contributed by atoms with Gasteiger partial charge in [-0.25, -0.2) is 22.0 Å². The molecule has 2 rings (SSSR count). The van der Waals surface area contributed by atoms with Crippen molar-refractivity contribution < 1.29 is 21.6 Å². The average molecular weight is 397 g/mol. The molecule has 0 aliphatic rings. The van der Waals surface area contributed by atoms with E-state index in [-0.39, 0.29) is 15.5 Å². The summed E-state index contributed by atoms with van der Waals surface area (Å²) in [5.74, 6) is -0.645. The van der Waals surface area contributed by atoms with Crippen LogP contribution >= 0.6 is 0 Å². The van der Waals surface area contributed by atoms with Crippen LogP contribution in [0.4, 0.5) is 5.69 Å². The molecule has 0 aliphatic carbocycles. The van der Waals surface area contributed by atoms with Gasteiger partial charge in [0, 0.05) is 5.69 Å². The highest BCUT2D eigenvalue weighted by molar-refractivity contribution is 7.89. The maximum atomic E-state index is 12.2. The van der Waals surface area contributed by atoms with Crippen LogP contribution < -0.4 is 15.2 Å². The van der Waals surface area contributed by atoms with Crippen molar-refractivity contribution in [1.29, 1.82) is 0 Å². The van der Waals surface area contributed by atoms with Crippen LogP contribution in [0.15, 0.2) is 58.3 Å². The molecule has 1 atom stereocenters. The number of anilines is 1. The van der Waals surface area contributed by atoms with Gasteiger partial charge in [-0.3, -0.25) is 4.79 Å². The van der Waals surface area contributed by atoms with Gasteiger partial charge in [0.25, 0.3) is 0 Å². The molecular weight excluding hydrogens is 378 g/mol. The van der Waals surface area contributed by atoms with E-state index in [9.17, 15) is 21.6 Å². The van der Waals surface area contributed by atoms with E-state index in [1.54, 1.807) is 25.1 Å². The van der Waals surface area contributed by atoms with Crippen molar-refractivity contribution in [2.45, 2.75) is 29.7 Å². The molecule has 0 bridgehead atoms. The molecule has 2 aromatic carbocycles. The number of sulfonamides is 2. The number of carbonyl (C=O) groups is 1. The van der Waals surface area contributed by atoms with E-state index in [1.165, 1.54) is 37.3 Å². The minimum Gasteiger partial charge on any atom is -0.325 e.